The smallest absolute Gasteiger partial charge is 0.417 e. The molecular formula is C15H23NO6. The third-order valence-electron chi connectivity index (χ3n) is 2.80. The van der Waals surface area contributed by atoms with Crippen LogP contribution < -0.4 is 0 Å². The maximum atomic E-state index is 12.2. The standard InChI is InChI=1S/C15H23NO6/c1-14(2,3)21-12(19)10-9(7-8-17)11(18)16(10)13(20)22-15(4,5)6/h8-10H,7H2,1-6H3/t9-,10+/m1/s1. The van der Waals surface area contributed by atoms with Crippen LogP contribution in [0.3, 0.4) is 0 Å². The Morgan fingerprint density at radius 1 is 1.09 bits per heavy atom. The second kappa shape index (κ2) is 6.06. The van der Waals surface area contributed by atoms with Crippen molar-refractivity contribution in [3.8, 4) is 0 Å². The van der Waals surface area contributed by atoms with Gasteiger partial charge in [-0.05, 0) is 41.5 Å². The van der Waals surface area contributed by atoms with Crippen molar-refractivity contribution >= 4 is 24.3 Å². The summed E-state index contributed by atoms with van der Waals surface area (Å²) < 4.78 is 10.3. The van der Waals surface area contributed by atoms with Gasteiger partial charge in [-0.2, -0.15) is 0 Å². The number of carbonyl (C=O) groups is 4. The Morgan fingerprint density at radius 2 is 1.59 bits per heavy atom. The predicted molar refractivity (Wildman–Crippen MR) is 76.9 cm³/mol. The first-order valence-corrected chi connectivity index (χ1v) is 7.10. The Balaban J connectivity index is 2.95. The molecule has 2 amide bonds. The first-order valence-electron chi connectivity index (χ1n) is 7.10. The van der Waals surface area contributed by atoms with Gasteiger partial charge in [-0.1, -0.05) is 0 Å². The Bertz CT molecular complexity index is 485. The van der Waals surface area contributed by atoms with Gasteiger partial charge in [-0.15, -0.1) is 0 Å². The number of aldehydes is 1. The summed E-state index contributed by atoms with van der Waals surface area (Å²) in [5, 5.41) is 0. The minimum Gasteiger partial charge on any atom is -0.458 e. The third kappa shape index (κ3) is 4.29. The normalized spacial score (nSPS) is 21.9. The van der Waals surface area contributed by atoms with Gasteiger partial charge in [0.25, 0.3) is 0 Å². The van der Waals surface area contributed by atoms with Crippen molar-refractivity contribution in [1.29, 1.82) is 0 Å². The number of esters is 1. The largest absolute Gasteiger partial charge is 0.458 e. The number of β-lactam (4-membered cyclic amide) rings is 1. The minimum absolute atomic E-state index is 0.137. The monoisotopic (exact) mass is 313 g/mol. The number of ether oxygens (including phenoxy) is 2. The van der Waals surface area contributed by atoms with Crippen molar-refractivity contribution in [3.05, 3.63) is 0 Å². The van der Waals surface area contributed by atoms with Gasteiger partial charge in [-0.25, -0.2) is 14.5 Å². The molecule has 2 atom stereocenters. The van der Waals surface area contributed by atoms with Crippen LogP contribution in [0, 0.1) is 5.92 Å². The van der Waals surface area contributed by atoms with E-state index in [-0.39, 0.29) is 6.42 Å². The summed E-state index contributed by atoms with van der Waals surface area (Å²) in [5.74, 6) is -2.19. The molecule has 0 N–H and O–H groups in total. The molecule has 1 heterocycles. The van der Waals surface area contributed by atoms with Crippen LogP contribution in [0.25, 0.3) is 0 Å². The summed E-state index contributed by atoms with van der Waals surface area (Å²) in [7, 11) is 0. The quantitative estimate of drug-likeness (QED) is 0.447. The lowest BCUT2D eigenvalue weighted by Crippen LogP contribution is -2.67. The molecule has 0 saturated carbocycles. The maximum Gasteiger partial charge on any atom is 0.417 e. The van der Waals surface area contributed by atoms with Gasteiger partial charge in [0.15, 0.2) is 6.04 Å². The highest BCUT2D eigenvalue weighted by Crippen LogP contribution is 2.32. The van der Waals surface area contributed by atoms with Crippen LogP contribution in [0.15, 0.2) is 0 Å². The molecule has 124 valence electrons. The molecule has 0 aliphatic carbocycles. The molecule has 1 aliphatic heterocycles. The fourth-order valence-electron chi connectivity index (χ4n) is 2.03. The number of nitrogens with zero attached hydrogens (tertiary/aromatic N) is 1. The van der Waals surface area contributed by atoms with E-state index in [1.807, 2.05) is 0 Å². The highest BCUT2D eigenvalue weighted by Gasteiger charge is 2.56. The summed E-state index contributed by atoms with van der Waals surface area (Å²) in [5.41, 5.74) is -1.56. The fourth-order valence-corrected chi connectivity index (χ4v) is 2.03. The number of hydrogen-bond donors (Lipinski definition) is 0. The summed E-state index contributed by atoms with van der Waals surface area (Å²) in [6, 6.07) is -1.12. The van der Waals surface area contributed by atoms with Crippen molar-refractivity contribution < 1.29 is 28.7 Å². The zero-order valence-electron chi connectivity index (χ0n) is 13.8. The van der Waals surface area contributed by atoms with Crippen molar-refractivity contribution in [2.75, 3.05) is 0 Å². The van der Waals surface area contributed by atoms with E-state index in [2.05, 4.69) is 0 Å². The predicted octanol–water partition coefficient (Wildman–Crippen LogP) is 1.68. The first kappa shape index (κ1) is 18.1. The molecule has 1 aliphatic rings. The lowest BCUT2D eigenvalue weighted by atomic mass is 9.85. The molecule has 0 aromatic carbocycles. The molecule has 0 radical (unpaired) electrons. The topological polar surface area (TPSA) is 90.0 Å². The molecule has 0 bridgehead atoms. The fraction of sp³-hybridized carbons (Fsp3) is 0.733. The minimum atomic E-state index is -1.12. The van der Waals surface area contributed by atoms with Crippen LogP contribution in [-0.2, 0) is 23.9 Å². The average molecular weight is 313 g/mol. The first-order chi connectivity index (χ1) is 9.87. The van der Waals surface area contributed by atoms with Gasteiger partial charge in [-0.3, -0.25) is 4.79 Å². The van der Waals surface area contributed by atoms with Gasteiger partial charge >= 0.3 is 12.1 Å². The summed E-state index contributed by atoms with van der Waals surface area (Å²) in [4.78, 5) is 47.7. The third-order valence-corrected chi connectivity index (χ3v) is 2.80. The number of likely N-dealkylation sites (tertiary alicyclic amines) is 1. The van der Waals surface area contributed by atoms with Gasteiger partial charge in [0.2, 0.25) is 5.91 Å². The molecule has 1 rings (SSSR count). The molecule has 7 heteroatoms. The molecule has 1 fully saturated rings. The van der Waals surface area contributed by atoms with Gasteiger partial charge in [0.1, 0.15) is 17.5 Å². The molecule has 0 spiro atoms. The number of hydrogen-bond acceptors (Lipinski definition) is 6. The van der Waals surface area contributed by atoms with E-state index >= 15 is 0 Å². The lowest BCUT2D eigenvalue weighted by Gasteiger charge is -2.43. The highest BCUT2D eigenvalue weighted by atomic mass is 16.6. The Hall–Kier alpha value is -1.92. The van der Waals surface area contributed by atoms with E-state index < -0.39 is 41.1 Å². The molecule has 0 unspecified atom stereocenters. The maximum absolute atomic E-state index is 12.2. The van der Waals surface area contributed by atoms with Crippen LogP contribution in [0.5, 0.6) is 0 Å². The van der Waals surface area contributed by atoms with Crippen molar-refractivity contribution in [1.82, 2.24) is 4.90 Å². The number of amides is 2. The highest BCUT2D eigenvalue weighted by molar-refractivity contribution is 6.07. The molecule has 22 heavy (non-hydrogen) atoms. The summed E-state index contributed by atoms with van der Waals surface area (Å²) in [6.07, 6.45) is -0.496. The number of imide groups is 1. The van der Waals surface area contributed by atoms with E-state index in [0.717, 1.165) is 4.90 Å². The van der Waals surface area contributed by atoms with Crippen LogP contribution in [0.2, 0.25) is 0 Å². The number of rotatable bonds is 3. The van der Waals surface area contributed by atoms with Gasteiger partial charge in [0.05, 0.1) is 5.92 Å². The Morgan fingerprint density at radius 3 is 2.00 bits per heavy atom. The van der Waals surface area contributed by atoms with Crippen molar-refractivity contribution in [2.24, 2.45) is 5.92 Å². The average Bonchev–Trinajstić information content (AvgIpc) is 2.27. The lowest BCUT2D eigenvalue weighted by molar-refractivity contribution is -0.179. The van der Waals surface area contributed by atoms with E-state index in [9.17, 15) is 19.2 Å². The Kier molecular flexibility index (Phi) is 4.99. The SMILES string of the molecule is CC(C)(C)OC(=O)[C@@H]1[C@@H](CC=O)C(=O)N1C(=O)OC(C)(C)C. The van der Waals surface area contributed by atoms with Crippen molar-refractivity contribution in [2.45, 2.75) is 65.2 Å². The van der Waals surface area contributed by atoms with E-state index in [0.29, 0.717) is 6.29 Å². The van der Waals surface area contributed by atoms with Crippen LogP contribution in [0.1, 0.15) is 48.0 Å². The zero-order valence-corrected chi connectivity index (χ0v) is 13.8. The van der Waals surface area contributed by atoms with Crippen LogP contribution >= 0.6 is 0 Å². The van der Waals surface area contributed by atoms with Gasteiger partial charge in [0, 0.05) is 6.42 Å². The molecule has 0 aromatic rings. The van der Waals surface area contributed by atoms with E-state index in [4.69, 9.17) is 9.47 Å². The molecule has 0 aromatic heterocycles. The summed E-state index contributed by atoms with van der Waals surface area (Å²) in [6.45, 7) is 10.00. The van der Waals surface area contributed by atoms with E-state index in [1.54, 1.807) is 41.5 Å². The number of carbonyl (C=O) groups excluding carboxylic acids is 4. The van der Waals surface area contributed by atoms with Crippen molar-refractivity contribution in [3.63, 3.8) is 0 Å². The second-order valence-corrected chi connectivity index (χ2v) is 7.18. The molecular weight excluding hydrogens is 290 g/mol. The molecule has 1 saturated heterocycles. The van der Waals surface area contributed by atoms with Gasteiger partial charge < -0.3 is 14.3 Å². The molecule has 7 nitrogen and oxygen atoms in total. The van der Waals surface area contributed by atoms with Crippen LogP contribution in [0.4, 0.5) is 4.79 Å². The summed E-state index contributed by atoms with van der Waals surface area (Å²) >= 11 is 0. The Labute approximate surface area is 129 Å². The zero-order chi connectivity index (χ0) is 17.3. The van der Waals surface area contributed by atoms with E-state index in [1.165, 1.54) is 0 Å². The van der Waals surface area contributed by atoms with Crippen LogP contribution in [-0.4, -0.2) is 46.4 Å². The second-order valence-electron chi connectivity index (χ2n) is 7.18.